The molecule has 0 radical (unpaired) electrons. The third-order valence-corrected chi connectivity index (χ3v) is 6.06. The second kappa shape index (κ2) is 9.91. The Kier molecular flexibility index (Phi) is 7.86. The predicted octanol–water partition coefficient (Wildman–Crippen LogP) is 2.53. The summed E-state index contributed by atoms with van der Waals surface area (Å²) in [7, 11) is -3.69. The molecule has 7 nitrogen and oxygen atoms in total. The number of nitrogens with one attached hydrogen (secondary N) is 1. The number of benzene rings is 1. The van der Waals surface area contributed by atoms with Gasteiger partial charge >= 0.3 is 5.97 Å². The van der Waals surface area contributed by atoms with Gasteiger partial charge in [0, 0.05) is 6.04 Å². The van der Waals surface area contributed by atoms with Crippen LogP contribution in [0.2, 0.25) is 0 Å². The van der Waals surface area contributed by atoms with Crippen molar-refractivity contribution in [1.29, 1.82) is 0 Å². The lowest BCUT2D eigenvalue weighted by Crippen LogP contribution is -2.43. The summed E-state index contributed by atoms with van der Waals surface area (Å²) in [5, 5.41) is 2.94. The smallest absolute Gasteiger partial charge is 0.327 e. The van der Waals surface area contributed by atoms with Gasteiger partial charge in [-0.2, -0.15) is 0 Å². The Bertz CT molecular complexity index is 786. The molecule has 0 aromatic heterocycles. The fraction of sp³-hybridized carbons (Fsp3) is 0.600. The van der Waals surface area contributed by atoms with E-state index in [1.54, 1.807) is 31.2 Å². The van der Waals surface area contributed by atoms with Crippen LogP contribution in [-0.4, -0.2) is 45.2 Å². The molecule has 1 aliphatic rings. The predicted molar refractivity (Wildman–Crippen MR) is 109 cm³/mol. The minimum atomic E-state index is -3.69. The van der Waals surface area contributed by atoms with E-state index in [9.17, 15) is 18.0 Å². The van der Waals surface area contributed by atoms with Crippen molar-refractivity contribution >= 4 is 27.6 Å². The summed E-state index contributed by atoms with van der Waals surface area (Å²) in [5.74, 6) is -1.11. The average molecular weight is 411 g/mol. The van der Waals surface area contributed by atoms with Gasteiger partial charge in [0.1, 0.15) is 6.54 Å². The number of sulfonamides is 1. The van der Waals surface area contributed by atoms with Gasteiger partial charge < -0.3 is 10.1 Å². The third-order valence-electron chi connectivity index (χ3n) is 4.94. The van der Waals surface area contributed by atoms with Crippen LogP contribution in [-0.2, 0) is 24.3 Å². The maximum absolute atomic E-state index is 12.3. The molecule has 0 aliphatic heterocycles. The molecule has 8 heteroatoms. The molecule has 1 saturated carbocycles. The van der Waals surface area contributed by atoms with Crippen LogP contribution in [0.1, 0.15) is 51.0 Å². The lowest BCUT2D eigenvalue weighted by molar-refractivity contribution is -0.153. The van der Waals surface area contributed by atoms with Crippen molar-refractivity contribution in [3.8, 4) is 0 Å². The molecule has 0 bridgehead atoms. The Labute approximate surface area is 167 Å². The third kappa shape index (κ3) is 6.51. The van der Waals surface area contributed by atoms with E-state index in [-0.39, 0.29) is 11.9 Å². The van der Waals surface area contributed by atoms with E-state index in [0.29, 0.717) is 5.69 Å². The Balaban J connectivity index is 1.98. The first-order valence-electron chi connectivity index (χ1n) is 9.71. The highest BCUT2D eigenvalue weighted by atomic mass is 32.2. The molecule has 1 atom stereocenters. The highest BCUT2D eigenvalue weighted by Crippen LogP contribution is 2.22. The van der Waals surface area contributed by atoms with Gasteiger partial charge in [-0.3, -0.25) is 13.9 Å². The van der Waals surface area contributed by atoms with Crippen LogP contribution in [0.4, 0.5) is 5.69 Å². The van der Waals surface area contributed by atoms with Crippen molar-refractivity contribution < 1.29 is 22.7 Å². The van der Waals surface area contributed by atoms with Crippen molar-refractivity contribution in [2.45, 2.75) is 64.5 Å². The second-order valence-corrected chi connectivity index (χ2v) is 9.29. The Morgan fingerprint density at radius 1 is 1.18 bits per heavy atom. The normalized spacial score (nSPS) is 16.7. The van der Waals surface area contributed by atoms with Crippen molar-refractivity contribution in [1.82, 2.24) is 5.32 Å². The molecule has 1 fully saturated rings. The molecule has 1 aromatic rings. The first-order valence-corrected chi connectivity index (χ1v) is 11.6. The number of para-hydroxylation sites is 1. The highest BCUT2D eigenvalue weighted by molar-refractivity contribution is 7.92. The molecular formula is C20H30N2O5S. The van der Waals surface area contributed by atoms with E-state index in [1.165, 1.54) is 19.8 Å². The highest BCUT2D eigenvalue weighted by Gasteiger charge is 2.26. The van der Waals surface area contributed by atoms with Gasteiger partial charge in [-0.05, 0) is 38.3 Å². The van der Waals surface area contributed by atoms with Crippen molar-refractivity contribution in [2.24, 2.45) is 0 Å². The van der Waals surface area contributed by atoms with Crippen LogP contribution in [0.25, 0.3) is 0 Å². The zero-order valence-electron chi connectivity index (χ0n) is 16.8. The van der Waals surface area contributed by atoms with Crippen LogP contribution in [0, 0.1) is 6.92 Å². The van der Waals surface area contributed by atoms with Gasteiger partial charge in [0.05, 0.1) is 11.9 Å². The topological polar surface area (TPSA) is 92.8 Å². The van der Waals surface area contributed by atoms with Gasteiger partial charge in [-0.15, -0.1) is 0 Å². The zero-order valence-corrected chi connectivity index (χ0v) is 17.6. The van der Waals surface area contributed by atoms with Crippen molar-refractivity contribution in [3.05, 3.63) is 29.8 Å². The molecule has 1 amide bonds. The number of rotatable bonds is 7. The maximum atomic E-state index is 12.3. The SMILES string of the molecule is Cc1ccccc1N(CC(=O)O[C@@H](C)C(=O)NC1CCCCCC1)S(C)(=O)=O. The summed E-state index contributed by atoms with van der Waals surface area (Å²) < 4.78 is 30.6. The number of ether oxygens (including phenoxy) is 1. The number of esters is 1. The number of amides is 1. The molecule has 2 rings (SSSR count). The molecule has 1 aromatic carbocycles. The van der Waals surface area contributed by atoms with E-state index < -0.39 is 28.6 Å². The molecule has 0 unspecified atom stereocenters. The lowest BCUT2D eigenvalue weighted by Gasteiger charge is -2.24. The van der Waals surface area contributed by atoms with Gasteiger partial charge in [0.25, 0.3) is 5.91 Å². The van der Waals surface area contributed by atoms with Crippen LogP contribution < -0.4 is 9.62 Å². The molecule has 1 aliphatic carbocycles. The zero-order chi connectivity index (χ0) is 20.7. The van der Waals surface area contributed by atoms with Crippen LogP contribution >= 0.6 is 0 Å². The maximum Gasteiger partial charge on any atom is 0.327 e. The molecule has 156 valence electrons. The number of nitrogens with zero attached hydrogens (tertiary/aromatic N) is 1. The number of hydrogen-bond acceptors (Lipinski definition) is 5. The first-order chi connectivity index (χ1) is 13.2. The van der Waals surface area contributed by atoms with E-state index in [0.717, 1.165) is 41.8 Å². The summed E-state index contributed by atoms with van der Waals surface area (Å²) >= 11 is 0. The molecule has 0 spiro atoms. The molecule has 0 saturated heterocycles. The van der Waals surface area contributed by atoms with Gasteiger partial charge in [-0.25, -0.2) is 8.42 Å². The van der Waals surface area contributed by atoms with E-state index in [2.05, 4.69) is 5.32 Å². The fourth-order valence-corrected chi connectivity index (χ4v) is 4.27. The largest absolute Gasteiger partial charge is 0.451 e. The summed E-state index contributed by atoms with van der Waals surface area (Å²) in [6, 6.07) is 7.00. The Morgan fingerprint density at radius 2 is 1.79 bits per heavy atom. The van der Waals surface area contributed by atoms with E-state index >= 15 is 0 Å². The molecular weight excluding hydrogens is 380 g/mol. The van der Waals surface area contributed by atoms with Crippen molar-refractivity contribution in [3.63, 3.8) is 0 Å². The number of anilines is 1. The Morgan fingerprint density at radius 3 is 2.36 bits per heavy atom. The van der Waals surface area contributed by atoms with E-state index in [1.807, 2.05) is 0 Å². The summed E-state index contributed by atoms with van der Waals surface area (Å²) in [6.07, 6.45) is 6.44. The minimum absolute atomic E-state index is 0.107. The second-order valence-electron chi connectivity index (χ2n) is 7.39. The average Bonchev–Trinajstić information content (AvgIpc) is 2.88. The number of hydrogen-bond donors (Lipinski definition) is 1. The van der Waals surface area contributed by atoms with Crippen LogP contribution in [0.5, 0.6) is 0 Å². The van der Waals surface area contributed by atoms with Gasteiger partial charge in [0.2, 0.25) is 10.0 Å². The number of carbonyl (C=O) groups is 2. The number of aryl methyl sites for hydroxylation is 1. The molecule has 28 heavy (non-hydrogen) atoms. The standard InChI is InChI=1S/C20H30N2O5S/c1-15-10-8-9-13-18(15)22(28(3,25)26)14-19(23)27-16(2)20(24)21-17-11-6-4-5-7-12-17/h8-10,13,16-17H,4-7,11-12,14H2,1-3H3,(H,21,24)/t16-/m0/s1. The van der Waals surface area contributed by atoms with E-state index in [4.69, 9.17) is 4.74 Å². The monoisotopic (exact) mass is 410 g/mol. The quantitative estimate of drug-likeness (QED) is 0.551. The lowest BCUT2D eigenvalue weighted by atomic mass is 10.1. The summed E-state index contributed by atoms with van der Waals surface area (Å²) in [4.78, 5) is 24.7. The fourth-order valence-electron chi connectivity index (χ4n) is 3.37. The van der Waals surface area contributed by atoms with Crippen LogP contribution in [0.3, 0.4) is 0 Å². The first kappa shape index (κ1) is 22.2. The minimum Gasteiger partial charge on any atom is -0.451 e. The van der Waals surface area contributed by atoms with Crippen molar-refractivity contribution in [2.75, 3.05) is 17.1 Å². The van der Waals surface area contributed by atoms with Crippen LogP contribution in [0.15, 0.2) is 24.3 Å². The van der Waals surface area contributed by atoms with Gasteiger partial charge in [-0.1, -0.05) is 43.9 Å². The molecule has 1 N–H and O–H groups in total. The summed E-state index contributed by atoms with van der Waals surface area (Å²) in [5.41, 5.74) is 1.14. The Hall–Kier alpha value is -2.09. The van der Waals surface area contributed by atoms with Gasteiger partial charge in [0.15, 0.2) is 6.10 Å². The molecule has 0 heterocycles. The summed E-state index contributed by atoms with van der Waals surface area (Å²) in [6.45, 7) is 2.79. The number of carbonyl (C=O) groups excluding carboxylic acids is 2.